The Bertz CT molecular complexity index is 458. The minimum atomic E-state index is -1.35. The molecule has 0 radical (unpaired) electrons. The van der Waals surface area contributed by atoms with Gasteiger partial charge >= 0.3 is 23.2 Å². The summed E-state index contributed by atoms with van der Waals surface area (Å²) < 4.78 is -0.0102. The minimum absolute atomic E-state index is 0.0102. The van der Waals surface area contributed by atoms with E-state index in [0.29, 0.717) is 0 Å². The zero-order valence-corrected chi connectivity index (χ0v) is 6.07. The first-order chi connectivity index (χ1) is 6.00. The molecule has 0 saturated heterocycles. The second kappa shape index (κ2) is 2.97. The Kier molecular flexibility index (Phi) is 2.00. The van der Waals surface area contributed by atoms with Gasteiger partial charge in [0, 0.05) is 0 Å². The lowest BCUT2D eigenvalue weighted by Gasteiger charge is -1.98. The van der Waals surface area contributed by atoms with Gasteiger partial charge in [-0.15, -0.1) is 0 Å². The standard InChI is InChI=1S/C4H4N4O5/c5-1(9)13-8-3(11)6-2(10)7-4(8)12/h(H2,5,9)(H2,6,7,10,11,12). The van der Waals surface area contributed by atoms with Gasteiger partial charge < -0.3 is 10.6 Å². The second-order valence-corrected chi connectivity index (χ2v) is 1.89. The fourth-order valence-electron chi connectivity index (χ4n) is 0.592. The lowest BCUT2D eigenvalue weighted by Crippen LogP contribution is -2.48. The maximum Gasteiger partial charge on any atom is 0.429 e. The number of aromatic amines is 2. The maximum absolute atomic E-state index is 10.8. The summed E-state index contributed by atoms with van der Waals surface area (Å²) >= 11 is 0. The van der Waals surface area contributed by atoms with E-state index in [1.54, 1.807) is 9.97 Å². The van der Waals surface area contributed by atoms with Crippen LogP contribution in [-0.4, -0.2) is 20.8 Å². The zero-order chi connectivity index (χ0) is 10.0. The molecule has 0 fully saturated rings. The van der Waals surface area contributed by atoms with E-state index in [-0.39, 0.29) is 4.73 Å². The Balaban J connectivity index is 3.38. The van der Waals surface area contributed by atoms with Crippen LogP contribution in [-0.2, 0) is 0 Å². The predicted molar refractivity (Wildman–Crippen MR) is 38.1 cm³/mol. The number of nitrogens with two attached hydrogens (primary N) is 1. The fourth-order valence-corrected chi connectivity index (χ4v) is 0.592. The second-order valence-electron chi connectivity index (χ2n) is 1.89. The summed E-state index contributed by atoms with van der Waals surface area (Å²) in [5, 5.41) is 0. The van der Waals surface area contributed by atoms with Crippen LogP contribution in [0.15, 0.2) is 14.4 Å². The molecule has 0 unspecified atom stereocenters. The van der Waals surface area contributed by atoms with Crippen LogP contribution in [0.3, 0.4) is 0 Å². The molecule has 1 heterocycles. The first-order valence-corrected chi connectivity index (χ1v) is 2.94. The van der Waals surface area contributed by atoms with Crippen molar-refractivity contribution in [3.8, 4) is 0 Å². The highest BCUT2D eigenvalue weighted by molar-refractivity contribution is 5.64. The maximum atomic E-state index is 10.8. The number of H-pyrrole nitrogens is 2. The van der Waals surface area contributed by atoms with Gasteiger partial charge in [0.15, 0.2) is 0 Å². The first-order valence-electron chi connectivity index (χ1n) is 2.94. The Labute approximate surface area is 68.7 Å². The lowest BCUT2D eigenvalue weighted by atomic mass is 11.0. The van der Waals surface area contributed by atoms with Crippen LogP contribution in [0.1, 0.15) is 0 Å². The van der Waals surface area contributed by atoms with Crippen molar-refractivity contribution in [2.24, 2.45) is 5.73 Å². The topological polar surface area (TPSA) is 140 Å². The highest BCUT2D eigenvalue weighted by Gasteiger charge is 2.05. The molecule has 0 saturated carbocycles. The highest BCUT2D eigenvalue weighted by Crippen LogP contribution is 1.58. The lowest BCUT2D eigenvalue weighted by molar-refractivity contribution is 0.128. The SMILES string of the molecule is NC(=O)On1c(=O)[nH]c(=O)[nH]c1=O. The van der Waals surface area contributed by atoms with Crippen molar-refractivity contribution in [2.45, 2.75) is 0 Å². The van der Waals surface area contributed by atoms with Gasteiger partial charge in [0.1, 0.15) is 0 Å². The summed E-state index contributed by atoms with van der Waals surface area (Å²) in [4.78, 5) is 49.4. The van der Waals surface area contributed by atoms with Gasteiger partial charge in [0.2, 0.25) is 0 Å². The molecule has 70 valence electrons. The van der Waals surface area contributed by atoms with Crippen molar-refractivity contribution < 1.29 is 9.63 Å². The molecule has 0 aliphatic heterocycles. The third kappa shape index (κ3) is 1.83. The van der Waals surface area contributed by atoms with Crippen molar-refractivity contribution in [2.75, 3.05) is 0 Å². The van der Waals surface area contributed by atoms with Gasteiger partial charge in [-0.1, -0.05) is 4.73 Å². The number of rotatable bonds is 1. The highest BCUT2D eigenvalue weighted by atomic mass is 16.7. The summed E-state index contributed by atoms with van der Waals surface area (Å²) in [7, 11) is 0. The van der Waals surface area contributed by atoms with Gasteiger partial charge in [0.25, 0.3) is 0 Å². The van der Waals surface area contributed by atoms with Crippen molar-refractivity contribution in [1.82, 2.24) is 14.7 Å². The van der Waals surface area contributed by atoms with Crippen molar-refractivity contribution in [1.29, 1.82) is 0 Å². The van der Waals surface area contributed by atoms with Crippen LogP contribution < -0.4 is 27.6 Å². The molecular formula is C4H4N4O5. The quantitative estimate of drug-likeness (QED) is 0.424. The largest absolute Gasteiger partial charge is 0.429 e. The molecule has 1 aromatic heterocycles. The molecule has 0 spiro atoms. The van der Waals surface area contributed by atoms with Gasteiger partial charge in [-0.05, 0) is 0 Å². The molecule has 0 aliphatic carbocycles. The number of carbonyl (C=O) groups is 1. The molecule has 4 N–H and O–H groups in total. The smallest absolute Gasteiger partial charge is 0.333 e. The molecular weight excluding hydrogens is 184 g/mol. The number of carbonyl (C=O) groups excluding carboxylic acids is 1. The number of nitrogens with zero attached hydrogens (tertiary/aromatic N) is 1. The van der Waals surface area contributed by atoms with Crippen LogP contribution in [0.4, 0.5) is 4.79 Å². The molecule has 0 aromatic carbocycles. The Morgan fingerprint density at radius 3 is 2.08 bits per heavy atom. The number of hydrogen-bond acceptors (Lipinski definition) is 5. The minimum Gasteiger partial charge on any atom is -0.333 e. The van der Waals surface area contributed by atoms with Gasteiger partial charge in [-0.3, -0.25) is 9.97 Å². The molecule has 1 amide bonds. The molecule has 9 nitrogen and oxygen atoms in total. The fraction of sp³-hybridized carbons (Fsp3) is 0. The molecule has 0 atom stereocenters. The molecule has 1 aromatic rings. The Morgan fingerprint density at radius 1 is 1.23 bits per heavy atom. The molecule has 0 bridgehead atoms. The Morgan fingerprint density at radius 2 is 1.69 bits per heavy atom. The molecule has 1 rings (SSSR count). The number of primary amides is 1. The predicted octanol–water partition coefficient (Wildman–Crippen LogP) is -3.27. The van der Waals surface area contributed by atoms with E-state index in [1.165, 1.54) is 0 Å². The van der Waals surface area contributed by atoms with Crippen molar-refractivity contribution in [3.63, 3.8) is 0 Å². The van der Waals surface area contributed by atoms with Crippen molar-refractivity contribution in [3.05, 3.63) is 31.5 Å². The van der Waals surface area contributed by atoms with Gasteiger partial charge in [-0.25, -0.2) is 19.2 Å². The average molecular weight is 188 g/mol. The van der Waals surface area contributed by atoms with E-state index in [0.717, 1.165) is 0 Å². The van der Waals surface area contributed by atoms with Crippen LogP contribution in [0.25, 0.3) is 0 Å². The number of nitrogens with one attached hydrogen (secondary N) is 2. The number of aromatic nitrogens is 3. The monoisotopic (exact) mass is 188 g/mol. The normalized spacial score (nSPS) is 9.54. The van der Waals surface area contributed by atoms with E-state index in [1.807, 2.05) is 0 Å². The third-order valence-corrected chi connectivity index (χ3v) is 0.991. The summed E-state index contributed by atoms with van der Waals surface area (Å²) in [5.74, 6) is 0. The summed E-state index contributed by atoms with van der Waals surface area (Å²) in [6.07, 6.45) is -1.35. The van der Waals surface area contributed by atoms with Gasteiger partial charge in [0.05, 0.1) is 0 Å². The number of hydrogen-bond donors (Lipinski definition) is 3. The summed E-state index contributed by atoms with van der Waals surface area (Å²) in [6, 6.07) is 0. The average Bonchev–Trinajstić information content (AvgIpc) is 1.96. The van der Waals surface area contributed by atoms with Crippen LogP contribution in [0.5, 0.6) is 0 Å². The summed E-state index contributed by atoms with van der Waals surface area (Å²) in [5.41, 5.74) is 1.16. The van der Waals surface area contributed by atoms with Crippen LogP contribution >= 0.6 is 0 Å². The van der Waals surface area contributed by atoms with E-state index in [9.17, 15) is 19.2 Å². The first kappa shape index (κ1) is 8.77. The molecule has 13 heavy (non-hydrogen) atoms. The Hall–Kier alpha value is -2.32. The third-order valence-electron chi connectivity index (χ3n) is 0.991. The van der Waals surface area contributed by atoms with E-state index in [2.05, 4.69) is 10.6 Å². The zero-order valence-electron chi connectivity index (χ0n) is 6.07. The van der Waals surface area contributed by atoms with E-state index < -0.39 is 23.2 Å². The van der Waals surface area contributed by atoms with Crippen molar-refractivity contribution >= 4 is 6.09 Å². The van der Waals surface area contributed by atoms with Gasteiger partial charge in [-0.2, -0.15) is 0 Å². The van der Waals surface area contributed by atoms with E-state index in [4.69, 9.17) is 0 Å². The van der Waals surface area contributed by atoms with Crippen LogP contribution in [0.2, 0.25) is 0 Å². The van der Waals surface area contributed by atoms with Crippen LogP contribution in [0, 0.1) is 0 Å². The number of amides is 1. The molecule has 9 heteroatoms. The van der Waals surface area contributed by atoms with E-state index >= 15 is 0 Å². The summed E-state index contributed by atoms with van der Waals surface area (Å²) in [6.45, 7) is 0. The molecule has 0 aliphatic rings.